The molecule has 4 rings (SSSR count). The number of amides is 1. The SMILES string of the molecule is CCOCC.CC[C@]1(N)C[C@H](c2ncc(OCCS(C)(=O)=O)c(Cc3cc(C(F)(F)F)cc(C(F)(F)F)c3)n2)c2nc(OC)ccc2N1C(=O)O. The standard InChI is InChI=1S/C28H29F6N5O6S.C4H10O/c1-4-26(35)13-18(23-20(39(26)25(40)41)5-6-22(38-23)44-2)24-36-14-21(45-7-8-46(3,42)43)19(37-24)11-15-9-16(27(29,30)31)12-17(10-15)28(32,33)34;1-3-5-4-2/h5-6,9-10,12,14,18H,4,7-8,11,13,35H2,1-3H3,(H,40,41);3-4H2,1-2H3/t18-,26+;/m0./s1. The monoisotopic (exact) mass is 751 g/mol. The number of hydrogen-bond acceptors (Lipinski definition) is 10. The molecule has 0 saturated carbocycles. The molecule has 0 fully saturated rings. The summed E-state index contributed by atoms with van der Waals surface area (Å²) in [7, 11) is -2.17. The van der Waals surface area contributed by atoms with Crippen LogP contribution in [0, 0.1) is 0 Å². The molecule has 3 N–H and O–H groups in total. The summed E-state index contributed by atoms with van der Waals surface area (Å²) in [4.78, 5) is 26.4. The van der Waals surface area contributed by atoms with Gasteiger partial charge in [0.25, 0.3) is 0 Å². The van der Waals surface area contributed by atoms with Crippen molar-refractivity contribution in [2.75, 3.05) is 43.8 Å². The third-order valence-corrected chi connectivity index (χ3v) is 8.67. The Morgan fingerprint density at radius 1 is 1.04 bits per heavy atom. The van der Waals surface area contributed by atoms with Gasteiger partial charge in [-0.05, 0) is 56.5 Å². The molecule has 282 valence electrons. The number of carboxylic acid groups (broad SMARTS) is 1. The molecule has 0 saturated heterocycles. The fourth-order valence-electron chi connectivity index (χ4n) is 5.26. The number of anilines is 1. The minimum atomic E-state index is -5.10. The molecule has 3 heterocycles. The van der Waals surface area contributed by atoms with Crippen molar-refractivity contribution >= 4 is 21.6 Å². The molecule has 51 heavy (non-hydrogen) atoms. The maximum atomic E-state index is 13.6. The topological polar surface area (TPSA) is 167 Å². The second-order valence-electron chi connectivity index (χ2n) is 11.5. The van der Waals surface area contributed by atoms with Gasteiger partial charge in [-0.15, -0.1) is 0 Å². The number of carbonyl (C=O) groups is 1. The van der Waals surface area contributed by atoms with Gasteiger partial charge in [-0.3, -0.25) is 4.90 Å². The van der Waals surface area contributed by atoms with Gasteiger partial charge in [-0.25, -0.2) is 28.2 Å². The van der Waals surface area contributed by atoms with E-state index in [2.05, 4.69) is 15.0 Å². The first-order chi connectivity index (χ1) is 23.7. The molecule has 0 aliphatic carbocycles. The number of fused-ring (bicyclic) bond motifs is 1. The van der Waals surface area contributed by atoms with E-state index in [0.717, 1.165) is 30.6 Å². The van der Waals surface area contributed by atoms with Crippen LogP contribution in [0.15, 0.2) is 36.5 Å². The molecule has 0 unspecified atom stereocenters. The maximum absolute atomic E-state index is 13.6. The second-order valence-corrected chi connectivity index (χ2v) is 13.7. The zero-order valence-electron chi connectivity index (χ0n) is 28.4. The number of benzene rings is 1. The zero-order chi connectivity index (χ0) is 38.4. The summed E-state index contributed by atoms with van der Waals surface area (Å²) < 4.78 is 120. The lowest BCUT2D eigenvalue weighted by Crippen LogP contribution is -2.61. The smallest absolute Gasteiger partial charge is 0.416 e. The Labute approximate surface area is 290 Å². The summed E-state index contributed by atoms with van der Waals surface area (Å²) in [5, 5.41) is 10.0. The van der Waals surface area contributed by atoms with Gasteiger partial charge in [0.05, 0.1) is 53.2 Å². The van der Waals surface area contributed by atoms with Crippen LogP contribution in [0.25, 0.3) is 0 Å². The van der Waals surface area contributed by atoms with Crippen molar-refractivity contribution in [1.29, 1.82) is 0 Å². The average molecular weight is 752 g/mol. The summed E-state index contributed by atoms with van der Waals surface area (Å²) in [6.07, 6.45) is -10.1. The van der Waals surface area contributed by atoms with Gasteiger partial charge in [0.15, 0.2) is 15.6 Å². The molecule has 3 aromatic rings. The highest BCUT2D eigenvalue weighted by Gasteiger charge is 2.47. The van der Waals surface area contributed by atoms with Gasteiger partial charge in [0.2, 0.25) is 5.88 Å². The zero-order valence-corrected chi connectivity index (χ0v) is 29.2. The number of nitrogens with two attached hydrogens (primary N) is 1. The number of ether oxygens (including phenoxy) is 3. The molecule has 1 aromatic carbocycles. The fourth-order valence-corrected chi connectivity index (χ4v) is 5.64. The lowest BCUT2D eigenvalue weighted by molar-refractivity contribution is -0.143. The van der Waals surface area contributed by atoms with E-state index in [-0.39, 0.29) is 53.4 Å². The molecule has 12 nitrogen and oxygen atoms in total. The van der Waals surface area contributed by atoms with Gasteiger partial charge in [-0.1, -0.05) is 6.92 Å². The molecule has 1 amide bonds. The Bertz CT molecular complexity index is 1760. The van der Waals surface area contributed by atoms with Crippen molar-refractivity contribution in [3.8, 4) is 11.6 Å². The van der Waals surface area contributed by atoms with E-state index in [1.165, 1.54) is 19.2 Å². The van der Waals surface area contributed by atoms with Crippen molar-refractivity contribution < 1.29 is 58.9 Å². The quantitative estimate of drug-likeness (QED) is 0.219. The Morgan fingerprint density at radius 2 is 1.65 bits per heavy atom. The molecule has 19 heteroatoms. The number of sulfone groups is 1. The number of alkyl halides is 6. The van der Waals surface area contributed by atoms with Gasteiger partial charge < -0.3 is 25.1 Å². The summed E-state index contributed by atoms with van der Waals surface area (Å²) in [6.45, 7) is 6.91. The number of pyridine rings is 1. The maximum Gasteiger partial charge on any atom is 0.416 e. The van der Waals surface area contributed by atoms with E-state index in [1.807, 2.05) is 13.8 Å². The first-order valence-corrected chi connectivity index (χ1v) is 17.6. The van der Waals surface area contributed by atoms with Crippen LogP contribution in [-0.4, -0.2) is 79.2 Å². The molecular formula is C32H39F6N5O7S. The minimum Gasteiger partial charge on any atom is -0.489 e. The molecule has 0 bridgehead atoms. The molecule has 2 atom stereocenters. The average Bonchev–Trinajstić information content (AvgIpc) is 3.03. The predicted octanol–water partition coefficient (Wildman–Crippen LogP) is 6.06. The van der Waals surface area contributed by atoms with Crippen LogP contribution < -0.4 is 20.1 Å². The van der Waals surface area contributed by atoms with Crippen LogP contribution in [0.2, 0.25) is 0 Å². The van der Waals surface area contributed by atoms with Crippen molar-refractivity contribution in [2.24, 2.45) is 5.73 Å². The first kappa shape index (κ1) is 41.2. The second kappa shape index (κ2) is 16.4. The Morgan fingerprint density at radius 3 is 2.12 bits per heavy atom. The fraction of sp³-hybridized carbons (Fsp3) is 0.500. The summed E-state index contributed by atoms with van der Waals surface area (Å²) in [5.74, 6) is -1.48. The number of methoxy groups -OCH3 is 1. The van der Waals surface area contributed by atoms with Crippen LogP contribution >= 0.6 is 0 Å². The Hall–Kier alpha value is -4.23. The highest BCUT2D eigenvalue weighted by atomic mass is 32.2. The van der Waals surface area contributed by atoms with Crippen molar-refractivity contribution in [1.82, 2.24) is 15.0 Å². The van der Waals surface area contributed by atoms with E-state index in [1.54, 1.807) is 6.92 Å². The molecular weight excluding hydrogens is 712 g/mol. The number of hydrogen-bond donors (Lipinski definition) is 2. The van der Waals surface area contributed by atoms with Crippen LogP contribution in [-0.2, 0) is 33.3 Å². The molecule has 0 radical (unpaired) electrons. The molecule has 0 spiro atoms. The molecule has 2 aromatic heterocycles. The van der Waals surface area contributed by atoms with E-state index < -0.39 is 75.3 Å². The summed E-state index contributed by atoms with van der Waals surface area (Å²) in [6, 6.07) is 3.95. The van der Waals surface area contributed by atoms with Gasteiger partial charge in [0.1, 0.15) is 18.1 Å². The van der Waals surface area contributed by atoms with Crippen molar-refractivity contribution in [3.05, 3.63) is 70.4 Å². The largest absolute Gasteiger partial charge is 0.489 e. The third kappa shape index (κ3) is 10.6. The third-order valence-electron chi connectivity index (χ3n) is 7.76. The van der Waals surface area contributed by atoms with E-state index >= 15 is 0 Å². The first-order valence-electron chi connectivity index (χ1n) is 15.6. The summed E-state index contributed by atoms with van der Waals surface area (Å²) >= 11 is 0. The lowest BCUT2D eigenvalue weighted by Gasteiger charge is -2.45. The highest BCUT2D eigenvalue weighted by molar-refractivity contribution is 7.90. The van der Waals surface area contributed by atoms with E-state index in [0.29, 0.717) is 12.1 Å². The van der Waals surface area contributed by atoms with Crippen LogP contribution in [0.5, 0.6) is 11.6 Å². The number of nitrogens with zero attached hydrogens (tertiary/aromatic N) is 4. The van der Waals surface area contributed by atoms with Crippen LogP contribution in [0.3, 0.4) is 0 Å². The van der Waals surface area contributed by atoms with Crippen molar-refractivity contribution in [2.45, 2.75) is 64.0 Å². The predicted molar refractivity (Wildman–Crippen MR) is 174 cm³/mol. The molecule has 1 aliphatic heterocycles. The van der Waals surface area contributed by atoms with Crippen LogP contribution in [0.4, 0.5) is 36.8 Å². The van der Waals surface area contributed by atoms with Crippen molar-refractivity contribution in [3.63, 3.8) is 0 Å². The van der Waals surface area contributed by atoms with Crippen LogP contribution in [0.1, 0.15) is 73.4 Å². The van der Waals surface area contributed by atoms with Gasteiger partial charge >= 0.3 is 18.4 Å². The van der Waals surface area contributed by atoms with E-state index in [4.69, 9.17) is 19.9 Å². The van der Waals surface area contributed by atoms with E-state index in [9.17, 15) is 44.7 Å². The normalized spacial score (nSPS) is 17.6. The highest BCUT2D eigenvalue weighted by Crippen LogP contribution is 2.45. The minimum absolute atomic E-state index is 0.00374. The Kier molecular flexibility index (Phi) is 13.3. The number of aromatic nitrogens is 3. The van der Waals surface area contributed by atoms with Gasteiger partial charge in [-0.2, -0.15) is 26.3 Å². The summed E-state index contributed by atoms with van der Waals surface area (Å²) in [5.41, 5.74) is 1.68. The number of halogens is 6. The van der Waals surface area contributed by atoms with Gasteiger partial charge in [0, 0.05) is 32.0 Å². The lowest BCUT2D eigenvalue weighted by atomic mass is 9.83. The number of rotatable bonds is 11. The molecule has 1 aliphatic rings. The Balaban J connectivity index is 0.00000131.